The van der Waals surface area contributed by atoms with E-state index in [4.69, 9.17) is 5.11 Å². The molecule has 2 aromatic heterocycles. The molecule has 0 spiro atoms. The fraction of sp³-hybridized carbons (Fsp3) is 0.300. The molecule has 6 nitrogen and oxygen atoms in total. The number of carboxylic acid groups (broad SMARTS) is 1. The number of carbonyl (C=O) groups is 1. The normalized spacial score (nSPS) is 10.3. The van der Waals surface area contributed by atoms with Gasteiger partial charge >= 0.3 is 5.97 Å². The monoisotopic (exact) mass is 257 g/mol. The molecule has 2 aromatic rings. The summed E-state index contributed by atoms with van der Waals surface area (Å²) in [5, 5.41) is 13.0. The Balaban J connectivity index is 0.00000144. The molecule has 1 N–H and O–H groups in total. The van der Waals surface area contributed by atoms with Crippen molar-refractivity contribution >= 4 is 29.3 Å². The topological polar surface area (TPSA) is 77.1 Å². The average Bonchev–Trinajstić information content (AvgIpc) is 2.53. The zero-order valence-corrected chi connectivity index (χ0v) is 10.4. The summed E-state index contributed by atoms with van der Waals surface area (Å²) in [4.78, 5) is 22.8. The van der Waals surface area contributed by atoms with E-state index in [0.29, 0.717) is 5.52 Å². The van der Waals surface area contributed by atoms with Crippen molar-refractivity contribution < 1.29 is 9.90 Å². The Kier molecular flexibility index (Phi) is 3.28. The van der Waals surface area contributed by atoms with E-state index in [1.807, 2.05) is 6.92 Å². The lowest BCUT2D eigenvalue weighted by Gasteiger charge is -2.02. The predicted octanol–water partition coefficient (Wildman–Crippen LogP) is 0.700. The number of hydrogen-bond acceptors (Lipinski definition) is 3. The molecule has 0 saturated carbocycles. The SMILES string of the molecule is Cc1cn(C)c(=O)c2c(C(=O)O)nn(C)c12.Cl. The lowest BCUT2D eigenvalue weighted by molar-refractivity contribution is 0.0691. The molecule has 0 atom stereocenters. The minimum atomic E-state index is -1.19. The third-order valence-corrected chi connectivity index (χ3v) is 2.54. The van der Waals surface area contributed by atoms with E-state index in [1.54, 1.807) is 20.3 Å². The van der Waals surface area contributed by atoms with Gasteiger partial charge in [0.05, 0.1) is 5.52 Å². The van der Waals surface area contributed by atoms with Crippen LogP contribution in [0.2, 0.25) is 0 Å². The summed E-state index contributed by atoms with van der Waals surface area (Å²) in [6.45, 7) is 1.81. The number of hydrogen-bond donors (Lipinski definition) is 1. The summed E-state index contributed by atoms with van der Waals surface area (Å²) in [6.07, 6.45) is 1.66. The molecule has 0 unspecified atom stereocenters. The highest BCUT2D eigenvalue weighted by Gasteiger charge is 2.20. The van der Waals surface area contributed by atoms with Crippen LogP contribution >= 0.6 is 12.4 Å². The van der Waals surface area contributed by atoms with Gasteiger partial charge in [0, 0.05) is 20.3 Å². The van der Waals surface area contributed by atoms with Crippen LogP contribution in [-0.2, 0) is 14.1 Å². The second kappa shape index (κ2) is 4.21. The van der Waals surface area contributed by atoms with Gasteiger partial charge in [-0.1, -0.05) is 0 Å². The second-order valence-corrected chi connectivity index (χ2v) is 3.73. The molecule has 0 radical (unpaired) electrons. The van der Waals surface area contributed by atoms with Crippen molar-refractivity contribution in [1.29, 1.82) is 0 Å². The summed E-state index contributed by atoms with van der Waals surface area (Å²) < 4.78 is 2.79. The second-order valence-electron chi connectivity index (χ2n) is 3.73. The summed E-state index contributed by atoms with van der Waals surface area (Å²) >= 11 is 0. The Morgan fingerprint density at radius 1 is 1.41 bits per heavy atom. The first-order valence-corrected chi connectivity index (χ1v) is 4.69. The Labute approximate surface area is 103 Å². The van der Waals surface area contributed by atoms with Gasteiger partial charge in [0.25, 0.3) is 5.56 Å². The van der Waals surface area contributed by atoms with Gasteiger partial charge in [-0.25, -0.2) is 4.79 Å². The van der Waals surface area contributed by atoms with E-state index in [0.717, 1.165) is 5.56 Å². The highest BCUT2D eigenvalue weighted by molar-refractivity contribution is 6.01. The first-order valence-electron chi connectivity index (χ1n) is 4.69. The summed E-state index contributed by atoms with van der Waals surface area (Å²) in [7, 11) is 3.22. The highest BCUT2D eigenvalue weighted by Crippen LogP contribution is 2.17. The van der Waals surface area contributed by atoms with Gasteiger partial charge < -0.3 is 9.67 Å². The number of aromatic nitrogens is 3. The molecule has 2 rings (SSSR count). The van der Waals surface area contributed by atoms with Crippen LogP contribution < -0.4 is 5.56 Å². The number of nitrogens with zero attached hydrogens (tertiary/aromatic N) is 3. The van der Waals surface area contributed by atoms with Crippen molar-refractivity contribution in [3.63, 3.8) is 0 Å². The molecule has 0 bridgehead atoms. The summed E-state index contributed by atoms with van der Waals surface area (Å²) in [5.74, 6) is -1.19. The highest BCUT2D eigenvalue weighted by atomic mass is 35.5. The Hall–Kier alpha value is -1.82. The van der Waals surface area contributed by atoms with Gasteiger partial charge in [0.2, 0.25) is 0 Å². The van der Waals surface area contributed by atoms with Crippen LogP contribution in [0.3, 0.4) is 0 Å². The molecule has 0 aromatic carbocycles. The van der Waals surface area contributed by atoms with Crippen LogP contribution in [0, 0.1) is 6.92 Å². The number of aryl methyl sites for hydroxylation is 3. The van der Waals surface area contributed by atoms with E-state index >= 15 is 0 Å². The standard InChI is InChI=1S/C10H11N3O3.ClH/c1-5-4-12(2)9(14)6-7(10(15)16)11-13(3)8(5)6;/h4H,1-3H3,(H,15,16);1H. The molecule has 0 fully saturated rings. The Morgan fingerprint density at radius 3 is 2.53 bits per heavy atom. The molecular weight excluding hydrogens is 246 g/mol. The third kappa shape index (κ3) is 1.80. The molecule has 7 heteroatoms. The first kappa shape index (κ1) is 13.2. The molecule has 92 valence electrons. The van der Waals surface area contributed by atoms with E-state index in [9.17, 15) is 9.59 Å². The molecule has 0 aliphatic carbocycles. The van der Waals surface area contributed by atoms with Crippen molar-refractivity contribution in [2.45, 2.75) is 6.92 Å². The smallest absolute Gasteiger partial charge is 0.357 e. The predicted molar refractivity (Wildman–Crippen MR) is 64.9 cm³/mol. The van der Waals surface area contributed by atoms with E-state index in [-0.39, 0.29) is 29.0 Å². The van der Waals surface area contributed by atoms with Gasteiger partial charge in [-0.2, -0.15) is 5.10 Å². The van der Waals surface area contributed by atoms with Crippen LogP contribution in [0.15, 0.2) is 11.0 Å². The molecule has 0 amide bonds. The number of fused-ring (bicyclic) bond motifs is 1. The number of pyridine rings is 1. The minimum Gasteiger partial charge on any atom is -0.476 e. The lowest BCUT2D eigenvalue weighted by Crippen LogP contribution is -2.18. The van der Waals surface area contributed by atoms with Crippen LogP contribution in [0.5, 0.6) is 0 Å². The third-order valence-electron chi connectivity index (χ3n) is 2.54. The van der Waals surface area contributed by atoms with Gasteiger partial charge in [0.15, 0.2) is 5.69 Å². The fourth-order valence-electron chi connectivity index (χ4n) is 1.92. The number of halogens is 1. The maximum atomic E-state index is 11.9. The number of aromatic carboxylic acids is 1. The van der Waals surface area contributed by atoms with Crippen molar-refractivity contribution in [1.82, 2.24) is 14.3 Å². The van der Waals surface area contributed by atoms with Crippen LogP contribution in [0.25, 0.3) is 10.9 Å². The molecule has 0 saturated heterocycles. The number of rotatable bonds is 1. The maximum Gasteiger partial charge on any atom is 0.357 e. The van der Waals surface area contributed by atoms with Crippen LogP contribution in [0.1, 0.15) is 16.1 Å². The zero-order valence-electron chi connectivity index (χ0n) is 9.59. The molecule has 17 heavy (non-hydrogen) atoms. The van der Waals surface area contributed by atoms with Gasteiger partial charge in [-0.3, -0.25) is 9.48 Å². The zero-order chi connectivity index (χ0) is 12.0. The van der Waals surface area contributed by atoms with E-state index in [2.05, 4.69) is 5.10 Å². The van der Waals surface area contributed by atoms with E-state index < -0.39 is 5.97 Å². The van der Waals surface area contributed by atoms with Crippen molar-refractivity contribution in [3.05, 3.63) is 27.8 Å². The summed E-state index contributed by atoms with van der Waals surface area (Å²) in [5.41, 5.74) is 0.855. The quantitative estimate of drug-likeness (QED) is 0.816. The molecule has 0 aliphatic rings. The van der Waals surface area contributed by atoms with Gasteiger partial charge in [-0.15, -0.1) is 12.4 Å². The van der Waals surface area contributed by atoms with Crippen molar-refractivity contribution in [2.75, 3.05) is 0 Å². The van der Waals surface area contributed by atoms with Gasteiger partial charge in [-0.05, 0) is 12.5 Å². The minimum absolute atomic E-state index is 0. The molecular formula is C10H12ClN3O3. The van der Waals surface area contributed by atoms with Crippen molar-refractivity contribution in [3.8, 4) is 0 Å². The Morgan fingerprint density at radius 2 is 2.00 bits per heavy atom. The van der Waals surface area contributed by atoms with Crippen LogP contribution in [-0.4, -0.2) is 25.4 Å². The van der Waals surface area contributed by atoms with Crippen LogP contribution in [0.4, 0.5) is 0 Å². The molecule has 2 heterocycles. The van der Waals surface area contributed by atoms with Crippen molar-refractivity contribution in [2.24, 2.45) is 14.1 Å². The first-order chi connectivity index (χ1) is 7.43. The van der Waals surface area contributed by atoms with Gasteiger partial charge in [0.1, 0.15) is 5.39 Å². The maximum absolute atomic E-state index is 11.9. The average molecular weight is 258 g/mol. The molecule has 0 aliphatic heterocycles. The van der Waals surface area contributed by atoms with E-state index in [1.165, 1.54) is 9.25 Å². The Bertz CT molecular complexity index is 657. The largest absolute Gasteiger partial charge is 0.476 e. The summed E-state index contributed by atoms with van der Waals surface area (Å²) in [6, 6.07) is 0. The fourth-order valence-corrected chi connectivity index (χ4v) is 1.92. The lowest BCUT2D eigenvalue weighted by atomic mass is 10.2. The number of carboxylic acids is 1.